The van der Waals surface area contributed by atoms with Gasteiger partial charge < -0.3 is 0 Å². The highest BCUT2D eigenvalue weighted by Gasteiger charge is 2.25. The predicted molar refractivity (Wildman–Crippen MR) is 79.5 cm³/mol. The van der Waals surface area contributed by atoms with E-state index in [-0.39, 0.29) is 11.1 Å². The summed E-state index contributed by atoms with van der Waals surface area (Å²) in [6, 6.07) is 1.86. The van der Waals surface area contributed by atoms with Gasteiger partial charge in [-0.15, -0.1) is 10.2 Å². The molecular weight excluding hydrogens is 314 g/mol. The van der Waals surface area contributed by atoms with Crippen LogP contribution in [0.15, 0.2) is 11.2 Å². The van der Waals surface area contributed by atoms with E-state index in [2.05, 4.69) is 15.3 Å². The van der Waals surface area contributed by atoms with E-state index in [1.54, 1.807) is 4.68 Å². The standard InChI is InChI=1S/C12H18ClN5O2S/c1-5-18-10(6-9(4)16-18)11-14-15-12(21(13,19)20)17(11)7-8(2)3/h6,8H,5,7H2,1-4H3. The zero-order chi connectivity index (χ0) is 15.8. The molecule has 0 fully saturated rings. The molecule has 0 atom stereocenters. The average molecular weight is 332 g/mol. The molecule has 2 rings (SSSR count). The first-order valence-corrected chi connectivity index (χ1v) is 8.97. The van der Waals surface area contributed by atoms with Crippen molar-refractivity contribution in [3.05, 3.63) is 11.8 Å². The summed E-state index contributed by atoms with van der Waals surface area (Å²) < 4.78 is 26.6. The third kappa shape index (κ3) is 3.26. The second kappa shape index (κ2) is 5.76. The zero-order valence-electron chi connectivity index (χ0n) is 12.4. The first-order valence-electron chi connectivity index (χ1n) is 6.66. The lowest BCUT2D eigenvalue weighted by Gasteiger charge is -2.11. The summed E-state index contributed by atoms with van der Waals surface area (Å²) in [5.74, 6) is 0.682. The fourth-order valence-electron chi connectivity index (χ4n) is 2.15. The SMILES string of the molecule is CCn1nc(C)cc1-c1nnc(S(=O)(=O)Cl)n1CC(C)C. The molecule has 0 spiro atoms. The Bertz CT molecular complexity index is 748. The molecule has 2 aromatic heterocycles. The second-order valence-electron chi connectivity index (χ2n) is 5.24. The maximum atomic E-state index is 11.7. The quantitative estimate of drug-likeness (QED) is 0.783. The van der Waals surface area contributed by atoms with Crippen molar-refractivity contribution in [1.29, 1.82) is 0 Å². The third-order valence-electron chi connectivity index (χ3n) is 2.91. The third-order valence-corrected chi connectivity index (χ3v) is 4.07. The molecule has 0 aliphatic heterocycles. The van der Waals surface area contributed by atoms with Gasteiger partial charge in [0.15, 0.2) is 5.82 Å². The predicted octanol–water partition coefficient (Wildman–Crippen LogP) is 2.05. The minimum atomic E-state index is -3.95. The van der Waals surface area contributed by atoms with Crippen LogP contribution in [0.2, 0.25) is 0 Å². The topological polar surface area (TPSA) is 82.7 Å². The van der Waals surface area contributed by atoms with Crippen LogP contribution in [0.5, 0.6) is 0 Å². The lowest BCUT2D eigenvalue weighted by atomic mass is 10.2. The number of halogens is 1. The molecule has 0 aliphatic carbocycles. The molecular formula is C12H18ClN5O2S. The zero-order valence-corrected chi connectivity index (χ0v) is 14.0. The molecule has 21 heavy (non-hydrogen) atoms. The van der Waals surface area contributed by atoms with E-state index in [9.17, 15) is 8.42 Å². The van der Waals surface area contributed by atoms with E-state index >= 15 is 0 Å². The van der Waals surface area contributed by atoms with Crippen LogP contribution in [-0.2, 0) is 22.1 Å². The van der Waals surface area contributed by atoms with Crippen molar-refractivity contribution in [2.45, 2.75) is 45.9 Å². The highest BCUT2D eigenvalue weighted by molar-refractivity contribution is 8.13. The normalized spacial score (nSPS) is 12.3. The van der Waals surface area contributed by atoms with Gasteiger partial charge in [-0.1, -0.05) is 13.8 Å². The summed E-state index contributed by atoms with van der Waals surface area (Å²) in [5.41, 5.74) is 1.57. The Morgan fingerprint density at radius 1 is 1.33 bits per heavy atom. The van der Waals surface area contributed by atoms with Crippen molar-refractivity contribution in [2.24, 2.45) is 5.92 Å². The molecule has 0 amide bonds. The van der Waals surface area contributed by atoms with Gasteiger partial charge in [-0.3, -0.25) is 9.25 Å². The van der Waals surface area contributed by atoms with E-state index in [4.69, 9.17) is 10.7 Å². The molecule has 116 valence electrons. The first-order chi connectivity index (χ1) is 9.74. The Kier molecular flexibility index (Phi) is 4.38. The molecule has 0 aromatic carbocycles. The van der Waals surface area contributed by atoms with Gasteiger partial charge in [-0.2, -0.15) is 5.10 Å². The Balaban J connectivity index is 2.66. The molecule has 2 aromatic rings. The maximum Gasteiger partial charge on any atom is 0.296 e. The van der Waals surface area contributed by atoms with E-state index in [1.165, 1.54) is 4.57 Å². The Morgan fingerprint density at radius 2 is 2.00 bits per heavy atom. The van der Waals surface area contributed by atoms with Crippen molar-refractivity contribution in [3.63, 3.8) is 0 Å². The van der Waals surface area contributed by atoms with Gasteiger partial charge in [0.2, 0.25) is 0 Å². The van der Waals surface area contributed by atoms with E-state index in [1.807, 2.05) is 33.8 Å². The van der Waals surface area contributed by atoms with Gasteiger partial charge in [-0.05, 0) is 25.8 Å². The molecule has 0 radical (unpaired) electrons. The fourth-order valence-corrected chi connectivity index (χ4v) is 3.06. The second-order valence-corrected chi connectivity index (χ2v) is 7.69. The molecule has 0 N–H and O–H groups in total. The molecule has 7 nitrogen and oxygen atoms in total. The van der Waals surface area contributed by atoms with Crippen molar-refractivity contribution in [2.75, 3.05) is 0 Å². The molecule has 0 bridgehead atoms. The highest BCUT2D eigenvalue weighted by atomic mass is 35.7. The number of hydrogen-bond donors (Lipinski definition) is 0. The van der Waals surface area contributed by atoms with Crippen molar-refractivity contribution < 1.29 is 8.42 Å². The van der Waals surface area contributed by atoms with E-state index < -0.39 is 9.05 Å². The molecule has 0 aliphatic rings. The molecule has 9 heteroatoms. The minimum absolute atomic E-state index is 0.219. The van der Waals surface area contributed by atoms with Crippen LogP contribution in [-0.4, -0.2) is 33.0 Å². The lowest BCUT2D eigenvalue weighted by molar-refractivity contribution is 0.487. The number of aromatic nitrogens is 5. The van der Waals surface area contributed by atoms with Crippen molar-refractivity contribution in [3.8, 4) is 11.5 Å². The Morgan fingerprint density at radius 3 is 2.52 bits per heavy atom. The Hall–Kier alpha value is -1.41. The van der Waals surface area contributed by atoms with Crippen LogP contribution in [0.25, 0.3) is 11.5 Å². The molecule has 2 heterocycles. The summed E-state index contributed by atoms with van der Waals surface area (Å²) in [5, 5.41) is 11.9. The first kappa shape index (κ1) is 16.0. The molecule has 0 unspecified atom stereocenters. The fraction of sp³-hybridized carbons (Fsp3) is 0.583. The Labute approximate surface area is 128 Å². The number of nitrogens with zero attached hydrogens (tertiary/aromatic N) is 5. The van der Waals surface area contributed by atoms with Crippen LogP contribution in [0.4, 0.5) is 0 Å². The summed E-state index contributed by atoms with van der Waals surface area (Å²) >= 11 is 0. The monoisotopic (exact) mass is 331 g/mol. The smallest absolute Gasteiger partial charge is 0.295 e. The van der Waals surface area contributed by atoms with Crippen molar-refractivity contribution >= 4 is 19.7 Å². The maximum absolute atomic E-state index is 11.7. The van der Waals surface area contributed by atoms with Gasteiger partial charge in [0.05, 0.1) is 5.69 Å². The largest absolute Gasteiger partial charge is 0.296 e. The average Bonchev–Trinajstić information content (AvgIpc) is 2.90. The molecule has 0 saturated carbocycles. The minimum Gasteiger partial charge on any atom is -0.295 e. The van der Waals surface area contributed by atoms with Gasteiger partial charge in [0, 0.05) is 23.8 Å². The summed E-state index contributed by atoms with van der Waals surface area (Å²) in [7, 11) is 1.51. The summed E-state index contributed by atoms with van der Waals surface area (Å²) in [4.78, 5) is 0. The number of aryl methyl sites for hydroxylation is 2. The lowest BCUT2D eigenvalue weighted by Crippen LogP contribution is -2.13. The summed E-state index contributed by atoms with van der Waals surface area (Å²) in [6.07, 6.45) is 0. The summed E-state index contributed by atoms with van der Waals surface area (Å²) in [6.45, 7) is 8.90. The van der Waals surface area contributed by atoms with Crippen LogP contribution >= 0.6 is 10.7 Å². The van der Waals surface area contributed by atoms with Crippen molar-refractivity contribution in [1.82, 2.24) is 24.5 Å². The molecule has 0 saturated heterocycles. The van der Waals surface area contributed by atoms with Gasteiger partial charge in [0.25, 0.3) is 14.2 Å². The highest BCUT2D eigenvalue weighted by Crippen LogP contribution is 2.24. The van der Waals surface area contributed by atoms with Gasteiger partial charge in [0.1, 0.15) is 5.69 Å². The van der Waals surface area contributed by atoms with E-state index in [0.29, 0.717) is 18.9 Å². The van der Waals surface area contributed by atoms with Crippen LogP contribution in [0.1, 0.15) is 26.5 Å². The van der Waals surface area contributed by atoms with Crippen LogP contribution in [0, 0.1) is 12.8 Å². The number of rotatable bonds is 5. The number of hydrogen-bond acceptors (Lipinski definition) is 5. The van der Waals surface area contributed by atoms with E-state index in [0.717, 1.165) is 11.4 Å². The van der Waals surface area contributed by atoms with Crippen LogP contribution in [0.3, 0.4) is 0 Å². The van der Waals surface area contributed by atoms with Gasteiger partial charge >= 0.3 is 0 Å². The van der Waals surface area contributed by atoms with Gasteiger partial charge in [-0.25, -0.2) is 8.42 Å². The van der Waals surface area contributed by atoms with Crippen LogP contribution < -0.4 is 0 Å².